The summed E-state index contributed by atoms with van der Waals surface area (Å²) in [5.74, 6) is -0.336. The highest BCUT2D eigenvalue weighted by Crippen LogP contribution is 2.30. The van der Waals surface area contributed by atoms with E-state index in [-0.39, 0.29) is 12.2 Å². The fourth-order valence-corrected chi connectivity index (χ4v) is 5.78. The van der Waals surface area contributed by atoms with Gasteiger partial charge in [-0.15, -0.1) is 22.7 Å². The topological polar surface area (TPSA) is 150 Å². The zero-order valence-electron chi connectivity index (χ0n) is 20.8. The summed E-state index contributed by atoms with van der Waals surface area (Å²) >= 11 is 2.97. The van der Waals surface area contributed by atoms with Crippen molar-refractivity contribution in [2.45, 2.75) is 24.9 Å². The van der Waals surface area contributed by atoms with Gasteiger partial charge in [-0.2, -0.15) is 13.6 Å². The van der Waals surface area contributed by atoms with Crippen LogP contribution in [-0.4, -0.2) is 38.6 Å². The first-order valence-corrected chi connectivity index (χ1v) is 14.9. The van der Waals surface area contributed by atoms with Gasteiger partial charge in [0.2, 0.25) is 5.91 Å². The number of carbonyl (C=O) groups is 2. The lowest BCUT2D eigenvalue weighted by Gasteiger charge is -2.22. The van der Waals surface area contributed by atoms with Gasteiger partial charge >= 0.3 is 16.4 Å². The van der Waals surface area contributed by atoms with E-state index in [4.69, 9.17) is 19.0 Å². The number of rotatable bonds is 11. The minimum atomic E-state index is -4.15. The van der Waals surface area contributed by atoms with E-state index >= 15 is 0 Å². The molecule has 2 aromatic heterocycles. The first-order valence-electron chi connectivity index (χ1n) is 11.7. The first-order chi connectivity index (χ1) is 18.7. The molecule has 0 saturated heterocycles. The number of hydrogen-bond donors (Lipinski definition) is 3. The molecule has 2 unspecified atom stereocenters. The molecule has 0 spiro atoms. The van der Waals surface area contributed by atoms with Gasteiger partial charge in [-0.25, -0.2) is 9.78 Å². The lowest BCUT2D eigenvalue weighted by molar-refractivity contribution is -0.123. The Morgan fingerprint density at radius 1 is 0.949 bits per heavy atom. The van der Waals surface area contributed by atoms with Crippen LogP contribution in [0.5, 0.6) is 5.75 Å². The third kappa shape index (κ3) is 8.35. The molecule has 2 aromatic carbocycles. The quantitative estimate of drug-likeness (QED) is 0.242. The van der Waals surface area contributed by atoms with Crippen LogP contribution in [-0.2, 0) is 32.7 Å². The zero-order chi connectivity index (χ0) is 27.8. The molecular weight excluding hydrogens is 561 g/mol. The summed E-state index contributed by atoms with van der Waals surface area (Å²) in [6, 6.07) is 18.1. The summed E-state index contributed by atoms with van der Waals surface area (Å²) in [5.41, 5.74) is 2.45. The van der Waals surface area contributed by atoms with Gasteiger partial charge in [0.05, 0.1) is 23.7 Å². The van der Waals surface area contributed by atoms with Gasteiger partial charge in [0.1, 0.15) is 16.8 Å². The number of aromatic nitrogens is 1. The van der Waals surface area contributed by atoms with Gasteiger partial charge in [-0.1, -0.05) is 48.5 Å². The van der Waals surface area contributed by atoms with Gasteiger partial charge in [0.25, 0.3) is 0 Å². The summed E-state index contributed by atoms with van der Waals surface area (Å²) in [6.45, 7) is 0. The molecule has 13 heteroatoms. The summed E-state index contributed by atoms with van der Waals surface area (Å²) < 4.78 is 31.9. The minimum absolute atomic E-state index is 0.0706. The van der Waals surface area contributed by atoms with Crippen molar-refractivity contribution in [1.29, 1.82) is 0 Å². The molecule has 0 aliphatic heterocycles. The van der Waals surface area contributed by atoms with Gasteiger partial charge in [0, 0.05) is 11.8 Å². The summed E-state index contributed by atoms with van der Waals surface area (Å²) in [6.07, 6.45) is -0.121. The van der Waals surface area contributed by atoms with Crippen LogP contribution in [0.1, 0.15) is 22.2 Å². The van der Waals surface area contributed by atoms with Crippen molar-refractivity contribution in [3.8, 4) is 16.3 Å². The van der Waals surface area contributed by atoms with Crippen LogP contribution < -0.4 is 20.0 Å². The molecule has 10 nitrogen and oxygen atoms in total. The van der Waals surface area contributed by atoms with E-state index in [9.17, 15) is 18.0 Å². The third-order valence-electron chi connectivity index (χ3n) is 5.56. The van der Waals surface area contributed by atoms with E-state index in [1.807, 2.05) is 53.2 Å². The second kappa shape index (κ2) is 12.8. The number of nitrogens with zero attached hydrogens (tertiary/aromatic N) is 1. The number of alkyl carbamates (subject to hydrolysis) is 1. The highest BCUT2D eigenvalue weighted by molar-refractivity contribution is 7.84. The molecule has 39 heavy (non-hydrogen) atoms. The molecule has 0 radical (unpaired) electrons. The molecule has 0 bridgehead atoms. The molecular formula is C26H26N4O6S3. The maximum atomic E-state index is 13.5. The molecule has 2 atom stereocenters. The molecule has 0 saturated carbocycles. The Bertz CT molecular complexity index is 1490. The number of benzene rings is 2. The van der Waals surface area contributed by atoms with Crippen molar-refractivity contribution in [2.24, 2.45) is 5.14 Å². The summed E-state index contributed by atoms with van der Waals surface area (Å²) in [7, 11) is -2.91. The zero-order valence-corrected chi connectivity index (χ0v) is 23.2. The summed E-state index contributed by atoms with van der Waals surface area (Å²) in [5, 5.41) is 15.2. The SMILES string of the molecule is COC(=O)NC(Cc1ccccc1)C(=O)NC(Cc1ccc(OS(N)(=O)=O)cc1)c1nc(-c2cccs2)cs1. The van der Waals surface area contributed by atoms with E-state index in [1.165, 1.54) is 30.6 Å². The Hall–Kier alpha value is -3.78. The van der Waals surface area contributed by atoms with Gasteiger partial charge in [-0.3, -0.25) is 4.79 Å². The van der Waals surface area contributed by atoms with Crippen LogP contribution in [0.25, 0.3) is 10.6 Å². The van der Waals surface area contributed by atoms with Crippen molar-refractivity contribution in [3.05, 3.63) is 93.6 Å². The number of nitrogens with two attached hydrogens (primary N) is 1. The molecule has 2 amide bonds. The molecule has 0 fully saturated rings. The predicted octanol–water partition coefficient (Wildman–Crippen LogP) is 3.82. The second-order valence-electron chi connectivity index (χ2n) is 8.41. The first kappa shape index (κ1) is 28.2. The Kier molecular flexibility index (Phi) is 9.30. The number of thiophene rings is 1. The minimum Gasteiger partial charge on any atom is -0.453 e. The lowest BCUT2D eigenvalue weighted by atomic mass is 10.0. The number of thiazole rings is 1. The number of amides is 2. The fourth-order valence-electron chi connectivity index (χ4n) is 3.77. The Balaban J connectivity index is 1.59. The largest absolute Gasteiger partial charge is 0.453 e. The van der Waals surface area contributed by atoms with Crippen LogP contribution in [0.2, 0.25) is 0 Å². The van der Waals surface area contributed by atoms with Gasteiger partial charge in [-0.05, 0) is 41.1 Å². The predicted molar refractivity (Wildman–Crippen MR) is 150 cm³/mol. The maximum absolute atomic E-state index is 13.5. The highest BCUT2D eigenvalue weighted by Gasteiger charge is 2.27. The van der Waals surface area contributed by atoms with Gasteiger partial charge in [0.15, 0.2) is 0 Å². The smallest absolute Gasteiger partial charge is 0.407 e. The van der Waals surface area contributed by atoms with Crippen molar-refractivity contribution in [1.82, 2.24) is 15.6 Å². The highest BCUT2D eigenvalue weighted by atomic mass is 32.2. The van der Waals surface area contributed by atoms with E-state index < -0.39 is 34.4 Å². The average Bonchev–Trinajstić information content (AvgIpc) is 3.61. The van der Waals surface area contributed by atoms with Crippen LogP contribution in [0, 0.1) is 0 Å². The molecule has 4 rings (SSSR count). The third-order valence-corrected chi connectivity index (χ3v) is 7.84. The van der Waals surface area contributed by atoms with Crippen molar-refractivity contribution in [3.63, 3.8) is 0 Å². The molecule has 2 heterocycles. The standard InChI is InChI=1S/C26H26N4O6S3/c1-35-26(32)30-20(14-17-6-3-2-4-7-17)24(31)28-21(25-29-22(16-38-25)23-8-5-13-37-23)15-18-9-11-19(12-10-18)36-39(27,33)34/h2-13,16,20-21H,14-15H2,1H3,(H,28,31)(H,30,32)(H2,27,33,34). The van der Waals surface area contributed by atoms with Gasteiger partial charge < -0.3 is 19.6 Å². The molecule has 4 N–H and O–H groups in total. The van der Waals surface area contributed by atoms with Crippen LogP contribution in [0.3, 0.4) is 0 Å². The second-order valence-corrected chi connectivity index (χ2v) is 11.4. The van der Waals surface area contributed by atoms with E-state index in [2.05, 4.69) is 10.6 Å². The lowest BCUT2D eigenvalue weighted by Crippen LogP contribution is -2.49. The maximum Gasteiger partial charge on any atom is 0.407 e. The number of hydrogen-bond acceptors (Lipinski definition) is 9. The van der Waals surface area contributed by atoms with Crippen LogP contribution in [0.15, 0.2) is 77.5 Å². The summed E-state index contributed by atoms with van der Waals surface area (Å²) in [4.78, 5) is 31.3. The number of ether oxygens (including phenoxy) is 1. The monoisotopic (exact) mass is 586 g/mol. The van der Waals surface area contributed by atoms with E-state index in [1.54, 1.807) is 23.5 Å². The van der Waals surface area contributed by atoms with E-state index in [0.717, 1.165) is 21.7 Å². The molecule has 4 aromatic rings. The fraction of sp³-hybridized carbons (Fsp3) is 0.192. The van der Waals surface area contributed by atoms with Crippen molar-refractivity contribution >= 4 is 45.0 Å². The molecule has 0 aliphatic carbocycles. The molecule has 204 valence electrons. The number of nitrogens with one attached hydrogen (secondary N) is 2. The van der Waals surface area contributed by atoms with Crippen LogP contribution >= 0.6 is 22.7 Å². The molecule has 0 aliphatic rings. The Morgan fingerprint density at radius 2 is 1.67 bits per heavy atom. The van der Waals surface area contributed by atoms with E-state index in [0.29, 0.717) is 11.4 Å². The normalized spacial score (nSPS) is 12.8. The van der Waals surface area contributed by atoms with Crippen molar-refractivity contribution in [2.75, 3.05) is 7.11 Å². The Morgan fingerprint density at radius 3 is 2.31 bits per heavy atom. The number of carbonyl (C=O) groups excluding carboxylic acids is 2. The van der Waals surface area contributed by atoms with Crippen LogP contribution in [0.4, 0.5) is 4.79 Å². The van der Waals surface area contributed by atoms with Crippen molar-refractivity contribution < 1.29 is 26.9 Å². The average molecular weight is 587 g/mol. The Labute approximate surface area is 234 Å². The number of methoxy groups -OCH3 is 1.